The molecule has 0 bridgehead atoms. The number of nitrogens with zero attached hydrogens (tertiary/aromatic N) is 2. The lowest BCUT2D eigenvalue weighted by Crippen LogP contribution is -2.49. The molecule has 0 spiro atoms. The summed E-state index contributed by atoms with van der Waals surface area (Å²) in [6, 6.07) is 17.2. The Labute approximate surface area is 221 Å². The van der Waals surface area contributed by atoms with Crippen LogP contribution in [0, 0.1) is 0 Å². The molecule has 3 aromatic rings. The summed E-state index contributed by atoms with van der Waals surface area (Å²) in [4.78, 5) is 50.9. The third-order valence-electron chi connectivity index (χ3n) is 5.33. The van der Waals surface area contributed by atoms with E-state index in [2.05, 4.69) is 21.0 Å². The molecule has 0 aliphatic heterocycles. The third kappa shape index (κ3) is 8.29. The van der Waals surface area contributed by atoms with Gasteiger partial charge in [0, 0.05) is 38.3 Å². The van der Waals surface area contributed by atoms with E-state index in [4.69, 9.17) is 4.74 Å². The van der Waals surface area contributed by atoms with Crippen molar-refractivity contribution in [2.75, 3.05) is 13.1 Å². The van der Waals surface area contributed by atoms with Gasteiger partial charge in [-0.1, -0.05) is 60.7 Å². The van der Waals surface area contributed by atoms with Crippen molar-refractivity contribution in [3.8, 4) is 11.3 Å². The van der Waals surface area contributed by atoms with Crippen molar-refractivity contribution in [2.45, 2.75) is 38.8 Å². The normalized spacial score (nSPS) is 11.8. The predicted octanol–water partition coefficient (Wildman–Crippen LogP) is 2.64. The second-order valence-electron chi connectivity index (χ2n) is 9.70. The first-order valence-corrected chi connectivity index (χ1v) is 12.3. The summed E-state index contributed by atoms with van der Waals surface area (Å²) in [7, 11) is 1.70. The molecule has 0 aliphatic rings. The highest BCUT2D eigenvalue weighted by Crippen LogP contribution is 2.21. The number of hydrogen-bond donors (Lipinski definition) is 3. The maximum absolute atomic E-state index is 13.3. The Balaban J connectivity index is 1.70. The first kappa shape index (κ1) is 28.1. The molecular formula is C28H33N5O5. The quantitative estimate of drug-likeness (QED) is 0.279. The first-order chi connectivity index (χ1) is 18.0. The zero-order valence-electron chi connectivity index (χ0n) is 22.0. The van der Waals surface area contributed by atoms with E-state index in [9.17, 15) is 19.2 Å². The SMILES string of the molecule is Cn1cc(C(=O)N[C@@H](Cc2ccccc2)C(=O)C(=O)NCCNC(=O)OC(C)(C)C)c(-c2ccccc2)n1. The number of hydrogen-bond acceptors (Lipinski definition) is 6. The van der Waals surface area contributed by atoms with Gasteiger partial charge < -0.3 is 20.7 Å². The van der Waals surface area contributed by atoms with E-state index in [1.165, 1.54) is 4.68 Å². The number of nitrogens with one attached hydrogen (secondary N) is 3. The molecule has 0 aliphatic carbocycles. The molecule has 3 N–H and O–H groups in total. The molecule has 1 aromatic heterocycles. The summed E-state index contributed by atoms with van der Waals surface area (Å²) < 4.78 is 6.67. The van der Waals surface area contributed by atoms with Crippen LogP contribution in [0.15, 0.2) is 66.9 Å². The Hall–Kier alpha value is -4.47. The van der Waals surface area contributed by atoms with E-state index in [0.29, 0.717) is 5.69 Å². The molecule has 10 heteroatoms. The van der Waals surface area contributed by atoms with E-state index in [-0.39, 0.29) is 25.1 Å². The molecule has 1 atom stereocenters. The molecule has 0 fully saturated rings. The molecule has 2 aromatic carbocycles. The molecule has 200 valence electrons. The lowest BCUT2D eigenvalue weighted by Gasteiger charge is -2.20. The van der Waals surface area contributed by atoms with Gasteiger partial charge in [0.05, 0.1) is 5.56 Å². The highest BCUT2D eigenvalue weighted by Gasteiger charge is 2.29. The van der Waals surface area contributed by atoms with Gasteiger partial charge in [-0.2, -0.15) is 5.10 Å². The fraction of sp³-hybridized carbons (Fsp3) is 0.321. The number of alkyl carbamates (subject to hydrolysis) is 1. The maximum Gasteiger partial charge on any atom is 0.407 e. The standard InChI is InChI=1S/C28H33N5O5/c1-28(2,3)38-27(37)30-16-15-29-26(36)24(34)22(17-19-11-7-5-8-12-19)31-25(35)21-18-33(4)32-23(21)20-13-9-6-10-14-20/h5-14,18,22H,15-17H2,1-4H3,(H,29,36)(H,30,37)(H,31,35)/t22-/m0/s1. The summed E-state index contributed by atoms with van der Waals surface area (Å²) in [5, 5.41) is 12.1. The minimum Gasteiger partial charge on any atom is -0.444 e. The third-order valence-corrected chi connectivity index (χ3v) is 5.33. The molecule has 0 saturated heterocycles. The van der Waals surface area contributed by atoms with Crippen molar-refractivity contribution in [1.29, 1.82) is 0 Å². The number of carbonyl (C=O) groups is 4. The lowest BCUT2D eigenvalue weighted by molar-refractivity contribution is -0.138. The van der Waals surface area contributed by atoms with Gasteiger partial charge >= 0.3 is 6.09 Å². The molecule has 0 unspecified atom stereocenters. The van der Waals surface area contributed by atoms with E-state index >= 15 is 0 Å². The van der Waals surface area contributed by atoms with Crippen LogP contribution < -0.4 is 16.0 Å². The minimum absolute atomic E-state index is 0.0105. The van der Waals surface area contributed by atoms with Crippen molar-refractivity contribution in [1.82, 2.24) is 25.7 Å². The number of ether oxygens (including phenoxy) is 1. The second kappa shape index (κ2) is 12.7. The van der Waals surface area contributed by atoms with Gasteiger partial charge in [-0.15, -0.1) is 0 Å². The molecule has 1 heterocycles. The number of Topliss-reactive ketones (excluding diaryl/α,β-unsaturated/α-hetero) is 1. The fourth-order valence-electron chi connectivity index (χ4n) is 3.66. The van der Waals surface area contributed by atoms with Gasteiger partial charge in [0.1, 0.15) is 17.3 Å². The largest absolute Gasteiger partial charge is 0.444 e. The molecule has 0 saturated carbocycles. The zero-order chi connectivity index (χ0) is 27.7. The average Bonchev–Trinajstić information content (AvgIpc) is 3.27. The molecule has 3 amide bonds. The van der Waals surface area contributed by atoms with Crippen LogP contribution in [0.4, 0.5) is 4.79 Å². The van der Waals surface area contributed by atoms with Crippen LogP contribution in [-0.2, 0) is 27.8 Å². The Morgan fingerprint density at radius 3 is 2.16 bits per heavy atom. The highest BCUT2D eigenvalue weighted by atomic mass is 16.6. The Bertz CT molecular complexity index is 1270. The number of ketones is 1. The van der Waals surface area contributed by atoms with Crippen LogP contribution in [-0.4, -0.2) is 58.2 Å². The Morgan fingerprint density at radius 2 is 1.53 bits per heavy atom. The molecule has 38 heavy (non-hydrogen) atoms. The van der Waals surface area contributed by atoms with Crippen LogP contribution in [0.3, 0.4) is 0 Å². The number of carbonyl (C=O) groups excluding carboxylic acids is 4. The molecule has 0 radical (unpaired) electrons. The first-order valence-electron chi connectivity index (χ1n) is 12.3. The minimum atomic E-state index is -1.12. The van der Waals surface area contributed by atoms with Crippen molar-refractivity contribution in [3.05, 3.63) is 78.0 Å². The number of benzene rings is 2. The number of aromatic nitrogens is 2. The van der Waals surface area contributed by atoms with Gasteiger partial charge in [-0.05, 0) is 26.3 Å². The number of aryl methyl sites for hydroxylation is 1. The van der Waals surface area contributed by atoms with Gasteiger partial charge in [0.15, 0.2) is 0 Å². The van der Waals surface area contributed by atoms with Crippen molar-refractivity contribution >= 4 is 23.7 Å². The van der Waals surface area contributed by atoms with Crippen molar-refractivity contribution < 1.29 is 23.9 Å². The second-order valence-corrected chi connectivity index (χ2v) is 9.70. The van der Waals surface area contributed by atoms with Gasteiger partial charge in [-0.3, -0.25) is 19.1 Å². The van der Waals surface area contributed by atoms with Crippen LogP contribution in [0.1, 0.15) is 36.7 Å². The molecular weight excluding hydrogens is 486 g/mol. The van der Waals surface area contributed by atoms with Gasteiger partial charge in [0.2, 0.25) is 5.78 Å². The maximum atomic E-state index is 13.3. The van der Waals surface area contributed by atoms with E-state index in [1.807, 2.05) is 60.7 Å². The summed E-state index contributed by atoms with van der Waals surface area (Å²) in [6.45, 7) is 5.30. The highest BCUT2D eigenvalue weighted by molar-refractivity contribution is 6.38. The zero-order valence-corrected chi connectivity index (χ0v) is 22.0. The average molecular weight is 520 g/mol. The predicted molar refractivity (Wildman–Crippen MR) is 142 cm³/mol. The van der Waals surface area contributed by atoms with Crippen molar-refractivity contribution in [3.63, 3.8) is 0 Å². The summed E-state index contributed by atoms with van der Waals surface area (Å²) in [6.07, 6.45) is 1.07. The van der Waals surface area contributed by atoms with Gasteiger partial charge in [-0.25, -0.2) is 4.79 Å². The molecule has 10 nitrogen and oxygen atoms in total. The van der Waals surface area contributed by atoms with Crippen LogP contribution in [0.2, 0.25) is 0 Å². The van der Waals surface area contributed by atoms with E-state index < -0.39 is 35.3 Å². The summed E-state index contributed by atoms with van der Waals surface area (Å²) in [5.74, 6) is -2.19. The van der Waals surface area contributed by atoms with Gasteiger partial charge in [0.25, 0.3) is 11.8 Å². The topological polar surface area (TPSA) is 131 Å². The Kier molecular flexibility index (Phi) is 9.37. The van der Waals surface area contributed by atoms with Crippen LogP contribution in [0.25, 0.3) is 11.3 Å². The summed E-state index contributed by atoms with van der Waals surface area (Å²) in [5.41, 5.74) is 1.63. The molecule has 3 rings (SSSR count). The van der Waals surface area contributed by atoms with Crippen LogP contribution >= 0.6 is 0 Å². The fourth-order valence-corrected chi connectivity index (χ4v) is 3.66. The lowest BCUT2D eigenvalue weighted by atomic mass is 10.0. The van der Waals surface area contributed by atoms with E-state index in [0.717, 1.165) is 11.1 Å². The Morgan fingerprint density at radius 1 is 0.921 bits per heavy atom. The smallest absolute Gasteiger partial charge is 0.407 e. The van der Waals surface area contributed by atoms with Crippen LogP contribution in [0.5, 0.6) is 0 Å². The number of rotatable bonds is 10. The van der Waals surface area contributed by atoms with E-state index in [1.54, 1.807) is 34.0 Å². The van der Waals surface area contributed by atoms with Crippen molar-refractivity contribution in [2.24, 2.45) is 7.05 Å². The summed E-state index contributed by atoms with van der Waals surface area (Å²) >= 11 is 0. The number of amides is 3. The monoisotopic (exact) mass is 519 g/mol.